The summed E-state index contributed by atoms with van der Waals surface area (Å²) in [7, 11) is 0. The molecule has 0 radical (unpaired) electrons. The minimum absolute atomic E-state index is 0.491. The third kappa shape index (κ3) is 3.54. The maximum atomic E-state index is 10.1. The van der Waals surface area contributed by atoms with Crippen molar-refractivity contribution < 1.29 is 5.11 Å². The van der Waals surface area contributed by atoms with Crippen molar-refractivity contribution in [1.82, 2.24) is 5.32 Å². The molecule has 3 nitrogen and oxygen atoms in total. The van der Waals surface area contributed by atoms with Crippen LogP contribution in [0.1, 0.15) is 38.2 Å². The van der Waals surface area contributed by atoms with E-state index in [2.05, 4.69) is 44.3 Å². The predicted molar refractivity (Wildman–Crippen MR) is 86.1 cm³/mol. The van der Waals surface area contributed by atoms with Crippen molar-refractivity contribution in [1.29, 1.82) is 0 Å². The van der Waals surface area contributed by atoms with Gasteiger partial charge in [0.05, 0.1) is 5.60 Å². The Morgan fingerprint density at radius 3 is 2.70 bits per heavy atom. The Kier molecular flexibility index (Phi) is 4.07. The number of benzene rings is 1. The molecule has 1 saturated heterocycles. The molecule has 2 N–H and O–H groups in total. The second-order valence-corrected chi connectivity index (χ2v) is 7.33. The number of hydrogen-bond acceptors (Lipinski definition) is 3. The first-order valence-electron chi connectivity index (χ1n) is 7.53. The summed E-state index contributed by atoms with van der Waals surface area (Å²) >= 11 is 3.58. The van der Waals surface area contributed by atoms with E-state index in [1.54, 1.807) is 0 Å². The van der Waals surface area contributed by atoms with Gasteiger partial charge in [0.2, 0.25) is 0 Å². The van der Waals surface area contributed by atoms with Crippen molar-refractivity contribution >= 4 is 21.6 Å². The van der Waals surface area contributed by atoms with Gasteiger partial charge in [-0.05, 0) is 50.3 Å². The van der Waals surface area contributed by atoms with Crippen LogP contribution in [0.25, 0.3) is 0 Å². The van der Waals surface area contributed by atoms with E-state index in [4.69, 9.17) is 0 Å². The fourth-order valence-corrected chi connectivity index (χ4v) is 3.10. The summed E-state index contributed by atoms with van der Waals surface area (Å²) in [4.78, 5) is 2.41. The lowest BCUT2D eigenvalue weighted by atomic mass is 9.93. The maximum absolute atomic E-state index is 10.1. The molecule has 2 aliphatic rings. The predicted octanol–water partition coefficient (Wildman–Crippen LogP) is 3.05. The van der Waals surface area contributed by atoms with Gasteiger partial charge in [0, 0.05) is 35.8 Å². The number of nitrogens with one attached hydrogen (secondary N) is 1. The average Bonchev–Trinajstić information content (AvgIpc) is 3.21. The lowest BCUT2D eigenvalue weighted by Gasteiger charge is -2.38. The van der Waals surface area contributed by atoms with Crippen molar-refractivity contribution in [3.8, 4) is 0 Å². The molecule has 110 valence electrons. The number of anilines is 1. The molecule has 0 atom stereocenters. The minimum atomic E-state index is -0.491. The van der Waals surface area contributed by atoms with Gasteiger partial charge in [0.1, 0.15) is 0 Å². The molecule has 1 aliphatic carbocycles. The SMILES string of the molecule is CC1(O)CCN(c2cc(Br)ccc2CNC2CC2)CC1. The van der Waals surface area contributed by atoms with Crippen LogP contribution >= 0.6 is 15.9 Å². The molecule has 1 heterocycles. The average molecular weight is 339 g/mol. The van der Waals surface area contributed by atoms with Crippen LogP contribution in [0.5, 0.6) is 0 Å². The van der Waals surface area contributed by atoms with Crippen LogP contribution in [-0.2, 0) is 6.54 Å². The van der Waals surface area contributed by atoms with Crippen LogP contribution < -0.4 is 10.2 Å². The molecule has 0 unspecified atom stereocenters. The van der Waals surface area contributed by atoms with Gasteiger partial charge in [0.25, 0.3) is 0 Å². The van der Waals surface area contributed by atoms with E-state index in [1.807, 2.05) is 6.92 Å². The molecule has 0 spiro atoms. The third-order valence-electron chi connectivity index (χ3n) is 4.39. The molecule has 20 heavy (non-hydrogen) atoms. The molecule has 1 saturated carbocycles. The fourth-order valence-electron chi connectivity index (χ4n) is 2.75. The standard InChI is InChI=1S/C16H23BrN2O/c1-16(20)6-8-19(9-7-16)15-10-13(17)3-2-12(15)11-18-14-4-5-14/h2-3,10,14,18,20H,4-9,11H2,1H3. The number of hydrogen-bond donors (Lipinski definition) is 2. The largest absolute Gasteiger partial charge is 0.390 e. The zero-order valence-electron chi connectivity index (χ0n) is 12.0. The highest BCUT2D eigenvalue weighted by molar-refractivity contribution is 9.10. The van der Waals surface area contributed by atoms with E-state index < -0.39 is 5.60 Å². The van der Waals surface area contributed by atoms with Crippen molar-refractivity contribution in [2.75, 3.05) is 18.0 Å². The van der Waals surface area contributed by atoms with E-state index in [0.717, 1.165) is 43.0 Å². The number of nitrogens with zero attached hydrogens (tertiary/aromatic N) is 1. The van der Waals surface area contributed by atoms with Gasteiger partial charge in [-0.2, -0.15) is 0 Å². The molecule has 3 rings (SSSR count). The Morgan fingerprint density at radius 1 is 1.35 bits per heavy atom. The van der Waals surface area contributed by atoms with Gasteiger partial charge in [0.15, 0.2) is 0 Å². The van der Waals surface area contributed by atoms with Gasteiger partial charge in [-0.3, -0.25) is 0 Å². The molecule has 2 fully saturated rings. The van der Waals surface area contributed by atoms with Crippen LogP contribution in [0.2, 0.25) is 0 Å². The van der Waals surface area contributed by atoms with E-state index in [-0.39, 0.29) is 0 Å². The summed E-state index contributed by atoms with van der Waals surface area (Å²) in [5.74, 6) is 0. The summed E-state index contributed by atoms with van der Waals surface area (Å²) in [6.07, 6.45) is 4.32. The van der Waals surface area contributed by atoms with Crippen LogP contribution in [-0.4, -0.2) is 29.8 Å². The minimum Gasteiger partial charge on any atom is -0.390 e. The highest BCUT2D eigenvalue weighted by Gasteiger charge is 2.28. The van der Waals surface area contributed by atoms with Crippen molar-refractivity contribution in [2.24, 2.45) is 0 Å². The summed E-state index contributed by atoms with van der Waals surface area (Å²) in [5, 5.41) is 13.7. The van der Waals surface area contributed by atoms with E-state index in [9.17, 15) is 5.11 Å². The topological polar surface area (TPSA) is 35.5 Å². The van der Waals surface area contributed by atoms with Crippen LogP contribution in [0, 0.1) is 0 Å². The molecule has 1 aromatic rings. The summed E-state index contributed by atoms with van der Waals surface area (Å²) in [5.41, 5.74) is 2.18. The molecule has 4 heteroatoms. The summed E-state index contributed by atoms with van der Waals surface area (Å²) in [6.45, 7) is 4.75. The lowest BCUT2D eigenvalue weighted by Crippen LogP contribution is -2.43. The molecule has 1 aliphatic heterocycles. The normalized spacial score (nSPS) is 22.1. The Bertz CT molecular complexity index is 475. The monoisotopic (exact) mass is 338 g/mol. The first kappa shape index (κ1) is 14.4. The molecular weight excluding hydrogens is 316 g/mol. The molecule has 0 amide bonds. The Labute approximate surface area is 129 Å². The number of piperidine rings is 1. The Morgan fingerprint density at radius 2 is 2.05 bits per heavy atom. The number of halogens is 1. The summed E-state index contributed by atoms with van der Waals surface area (Å²) in [6, 6.07) is 7.27. The van der Waals surface area contributed by atoms with Gasteiger partial charge in [-0.15, -0.1) is 0 Å². The van der Waals surface area contributed by atoms with Crippen molar-refractivity contribution in [2.45, 2.75) is 50.8 Å². The zero-order chi connectivity index (χ0) is 14.2. The summed E-state index contributed by atoms with van der Waals surface area (Å²) < 4.78 is 1.13. The maximum Gasteiger partial charge on any atom is 0.0653 e. The van der Waals surface area contributed by atoms with Gasteiger partial charge >= 0.3 is 0 Å². The molecule has 0 aromatic heterocycles. The van der Waals surface area contributed by atoms with E-state index in [1.165, 1.54) is 24.1 Å². The highest BCUT2D eigenvalue weighted by atomic mass is 79.9. The molecule has 0 bridgehead atoms. The number of aliphatic hydroxyl groups is 1. The van der Waals surface area contributed by atoms with Crippen LogP contribution in [0.3, 0.4) is 0 Å². The highest BCUT2D eigenvalue weighted by Crippen LogP contribution is 2.31. The van der Waals surface area contributed by atoms with Crippen LogP contribution in [0.15, 0.2) is 22.7 Å². The zero-order valence-corrected chi connectivity index (χ0v) is 13.6. The first-order chi connectivity index (χ1) is 9.53. The Hall–Kier alpha value is -0.580. The molecule has 1 aromatic carbocycles. The van der Waals surface area contributed by atoms with Gasteiger partial charge < -0.3 is 15.3 Å². The second-order valence-electron chi connectivity index (χ2n) is 6.41. The van der Waals surface area contributed by atoms with E-state index >= 15 is 0 Å². The third-order valence-corrected chi connectivity index (χ3v) is 4.88. The van der Waals surface area contributed by atoms with Crippen LogP contribution in [0.4, 0.5) is 5.69 Å². The molecular formula is C16H23BrN2O. The lowest BCUT2D eigenvalue weighted by molar-refractivity contribution is 0.0351. The van der Waals surface area contributed by atoms with Crippen molar-refractivity contribution in [3.05, 3.63) is 28.2 Å². The van der Waals surface area contributed by atoms with E-state index in [0.29, 0.717) is 0 Å². The fraction of sp³-hybridized carbons (Fsp3) is 0.625. The van der Waals surface area contributed by atoms with Gasteiger partial charge in [-0.1, -0.05) is 22.0 Å². The van der Waals surface area contributed by atoms with Gasteiger partial charge in [-0.25, -0.2) is 0 Å². The number of rotatable bonds is 4. The quantitative estimate of drug-likeness (QED) is 0.885. The smallest absolute Gasteiger partial charge is 0.0653 e. The van der Waals surface area contributed by atoms with Crippen molar-refractivity contribution in [3.63, 3.8) is 0 Å². The second kappa shape index (κ2) is 5.66. The first-order valence-corrected chi connectivity index (χ1v) is 8.32. The Balaban J connectivity index is 1.74.